The first kappa shape index (κ1) is 12.5. The molecule has 0 saturated heterocycles. The van der Waals surface area contributed by atoms with E-state index >= 15 is 0 Å². The lowest BCUT2D eigenvalue weighted by Crippen LogP contribution is -2.01. The minimum Gasteiger partial charge on any atom is -0.461 e. The zero-order valence-electron chi connectivity index (χ0n) is 11.4. The Labute approximate surface area is 116 Å². The van der Waals surface area contributed by atoms with Gasteiger partial charge in [0.25, 0.3) is 0 Å². The molecule has 0 saturated carbocycles. The first-order valence-electron chi connectivity index (χ1n) is 6.40. The van der Waals surface area contributed by atoms with Gasteiger partial charge in [-0.05, 0) is 37.6 Å². The van der Waals surface area contributed by atoms with Crippen molar-refractivity contribution in [2.24, 2.45) is 0 Å². The predicted molar refractivity (Wildman–Crippen MR) is 75.2 cm³/mol. The summed E-state index contributed by atoms with van der Waals surface area (Å²) in [4.78, 5) is 4.28. The summed E-state index contributed by atoms with van der Waals surface area (Å²) in [6.45, 7) is 4.62. The molecule has 0 aliphatic rings. The number of benzene rings is 1. The Morgan fingerprint density at radius 3 is 2.85 bits per heavy atom. The molecular formula is C15H15N3O2. The molecule has 5 nitrogen and oxygen atoms in total. The smallest absolute Gasteiger partial charge is 0.246 e. The molecule has 0 atom stereocenters. The normalized spacial score (nSPS) is 10.7. The highest BCUT2D eigenvalue weighted by Gasteiger charge is 2.10. The Hall–Kier alpha value is -2.56. The number of nitrogens with zero attached hydrogens (tertiary/aromatic N) is 2. The fraction of sp³-hybridized carbons (Fsp3) is 0.200. The first-order chi connectivity index (χ1) is 9.72. The molecule has 5 heteroatoms. The number of hydrogen-bond donors (Lipinski definition) is 1. The van der Waals surface area contributed by atoms with Gasteiger partial charge in [-0.1, -0.05) is 22.9 Å². The Bertz CT molecular complexity index is 702. The summed E-state index contributed by atoms with van der Waals surface area (Å²) in [6.07, 6.45) is 1.58. The third kappa shape index (κ3) is 2.56. The van der Waals surface area contributed by atoms with Crippen molar-refractivity contribution < 1.29 is 8.94 Å². The fourth-order valence-corrected chi connectivity index (χ4v) is 2.02. The monoisotopic (exact) mass is 269 g/mol. The second-order valence-electron chi connectivity index (χ2n) is 4.66. The van der Waals surface area contributed by atoms with Crippen LogP contribution < -0.4 is 5.32 Å². The molecule has 0 aliphatic heterocycles. The molecule has 1 N–H and O–H groups in total. The number of aryl methyl sites for hydroxylation is 2. The highest BCUT2D eigenvalue weighted by molar-refractivity contribution is 5.52. The SMILES string of the molecule is Cc1ccc(NCc2nc(-c3ccco3)no2)c(C)c1. The van der Waals surface area contributed by atoms with Gasteiger partial charge in [0.1, 0.15) is 0 Å². The van der Waals surface area contributed by atoms with Crippen molar-refractivity contribution in [1.29, 1.82) is 0 Å². The van der Waals surface area contributed by atoms with E-state index < -0.39 is 0 Å². The van der Waals surface area contributed by atoms with Gasteiger partial charge in [0.2, 0.25) is 11.7 Å². The van der Waals surface area contributed by atoms with Gasteiger partial charge in [0, 0.05) is 5.69 Å². The lowest BCUT2D eigenvalue weighted by molar-refractivity contribution is 0.382. The van der Waals surface area contributed by atoms with Crippen LogP contribution in [0.25, 0.3) is 11.6 Å². The van der Waals surface area contributed by atoms with Crippen LogP contribution >= 0.6 is 0 Å². The Morgan fingerprint density at radius 1 is 1.20 bits per heavy atom. The van der Waals surface area contributed by atoms with Crippen molar-refractivity contribution >= 4 is 5.69 Å². The second kappa shape index (κ2) is 5.21. The van der Waals surface area contributed by atoms with Crippen molar-refractivity contribution in [3.63, 3.8) is 0 Å². The van der Waals surface area contributed by atoms with Gasteiger partial charge in [-0.25, -0.2) is 0 Å². The maximum atomic E-state index is 5.22. The van der Waals surface area contributed by atoms with Crippen molar-refractivity contribution in [2.45, 2.75) is 20.4 Å². The molecule has 102 valence electrons. The molecule has 1 aromatic carbocycles. The molecule has 0 aliphatic carbocycles. The molecule has 0 radical (unpaired) electrons. The predicted octanol–water partition coefficient (Wildman–Crippen LogP) is 3.56. The minimum absolute atomic E-state index is 0.465. The molecule has 0 amide bonds. The average Bonchev–Trinajstić information content (AvgIpc) is 3.08. The van der Waals surface area contributed by atoms with Crippen LogP contribution in [0.1, 0.15) is 17.0 Å². The number of aromatic nitrogens is 2. The summed E-state index contributed by atoms with van der Waals surface area (Å²) in [5.41, 5.74) is 3.50. The largest absolute Gasteiger partial charge is 0.461 e. The third-order valence-corrected chi connectivity index (χ3v) is 3.02. The van der Waals surface area contributed by atoms with Crippen molar-refractivity contribution in [3.8, 4) is 11.6 Å². The van der Waals surface area contributed by atoms with Crippen LogP contribution in [0.4, 0.5) is 5.69 Å². The molecule has 2 aromatic heterocycles. The van der Waals surface area contributed by atoms with Crippen molar-refractivity contribution in [2.75, 3.05) is 5.32 Å². The molecule has 0 fully saturated rings. The summed E-state index contributed by atoms with van der Waals surface area (Å²) in [5.74, 6) is 1.59. The number of anilines is 1. The van der Waals surface area contributed by atoms with E-state index in [4.69, 9.17) is 8.94 Å². The van der Waals surface area contributed by atoms with E-state index in [-0.39, 0.29) is 0 Å². The quantitative estimate of drug-likeness (QED) is 0.784. The van der Waals surface area contributed by atoms with Crippen molar-refractivity contribution in [1.82, 2.24) is 10.1 Å². The molecule has 0 bridgehead atoms. The Morgan fingerprint density at radius 2 is 2.10 bits per heavy atom. The second-order valence-corrected chi connectivity index (χ2v) is 4.66. The van der Waals surface area contributed by atoms with Gasteiger partial charge in [-0.2, -0.15) is 4.98 Å². The maximum Gasteiger partial charge on any atom is 0.246 e. The third-order valence-electron chi connectivity index (χ3n) is 3.02. The summed E-state index contributed by atoms with van der Waals surface area (Å²) >= 11 is 0. The maximum absolute atomic E-state index is 5.22. The highest BCUT2D eigenvalue weighted by Crippen LogP contribution is 2.18. The van der Waals surface area contributed by atoms with E-state index in [9.17, 15) is 0 Å². The van der Waals surface area contributed by atoms with E-state index in [1.54, 1.807) is 18.4 Å². The molecule has 20 heavy (non-hydrogen) atoms. The van der Waals surface area contributed by atoms with Crippen molar-refractivity contribution in [3.05, 3.63) is 53.6 Å². The number of hydrogen-bond acceptors (Lipinski definition) is 5. The molecular weight excluding hydrogens is 254 g/mol. The van der Waals surface area contributed by atoms with E-state index in [1.807, 2.05) is 0 Å². The topological polar surface area (TPSA) is 64.1 Å². The van der Waals surface area contributed by atoms with Gasteiger partial charge < -0.3 is 14.3 Å². The molecule has 3 aromatic rings. The average molecular weight is 269 g/mol. The van der Waals surface area contributed by atoms with Gasteiger partial charge in [0.05, 0.1) is 12.8 Å². The molecule has 0 spiro atoms. The Balaban J connectivity index is 1.70. The first-order valence-corrected chi connectivity index (χ1v) is 6.40. The summed E-state index contributed by atoms with van der Waals surface area (Å²) < 4.78 is 10.4. The lowest BCUT2D eigenvalue weighted by Gasteiger charge is -2.07. The van der Waals surface area contributed by atoms with Crippen LogP contribution in [-0.2, 0) is 6.54 Å². The van der Waals surface area contributed by atoms with Crippen LogP contribution in [0.15, 0.2) is 45.5 Å². The molecule has 0 unspecified atom stereocenters. The van der Waals surface area contributed by atoms with Gasteiger partial charge in [-0.3, -0.25) is 0 Å². The van der Waals surface area contributed by atoms with Gasteiger partial charge >= 0.3 is 0 Å². The van der Waals surface area contributed by atoms with Crippen LogP contribution in [0.2, 0.25) is 0 Å². The van der Waals surface area contributed by atoms with Crippen LogP contribution in [0.3, 0.4) is 0 Å². The van der Waals surface area contributed by atoms with Crippen LogP contribution in [0, 0.1) is 13.8 Å². The number of nitrogens with one attached hydrogen (secondary N) is 1. The van der Waals surface area contributed by atoms with Crippen LogP contribution in [0.5, 0.6) is 0 Å². The van der Waals surface area contributed by atoms with E-state index in [0.717, 1.165) is 5.69 Å². The van der Waals surface area contributed by atoms with E-state index in [1.165, 1.54) is 11.1 Å². The van der Waals surface area contributed by atoms with E-state index in [0.29, 0.717) is 24.0 Å². The fourth-order valence-electron chi connectivity index (χ4n) is 2.02. The zero-order chi connectivity index (χ0) is 13.9. The van der Waals surface area contributed by atoms with Gasteiger partial charge in [-0.15, -0.1) is 0 Å². The van der Waals surface area contributed by atoms with Gasteiger partial charge in [0.15, 0.2) is 5.76 Å². The number of rotatable bonds is 4. The highest BCUT2D eigenvalue weighted by atomic mass is 16.5. The lowest BCUT2D eigenvalue weighted by atomic mass is 10.1. The molecule has 3 rings (SSSR count). The minimum atomic E-state index is 0.465. The Kier molecular flexibility index (Phi) is 3.25. The molecule has 2 heterocycles. The standard InChI is InChI=1S/C15H15N3O2/c1-10-5-6-12(11(2)8-10)16-9-14-17-15(18-20-14)13-4-3-7-19-13/h3-8,16H,9H2,1-2H3. The van der Waals surface area contributed by atoms with Crippen LogP contribution in [-0.4, -0.2) is 10.1 Å². The van der Waals surface area contributed by atoms with E-state index in [2.05, 4.69) is 47.5 Å². The summed E-state index contributed by atoms with van der Waals surface area (Å²) in [5, 5.41) is 7.18. The summed E-state index contributed by atoms with van der Waals surface area (Å²) in [6, 6.07) is 9.84. The summed E-state index contributed by atoms with van der Waals surface area (Å²) in [7, 11) is 0. The number of furan rings is 1. The zero-order valence-corrected chi connectivity index (χ0v) is 11.4.